The van der Waals surface area contributed by atoms with E-state index < -0.39 is 0 Å². The SMILES string of the molecule is CC(Cn1ccnc1)NC(=O)c1cc(NN)ccn1. The van der Waals surface area contributed by atoms with E-state index in [-0.39, 0.29) is 11.9 Å². The number of imidazole rings is 1. The Bertz CT molecular complexity index is 539. The van der Waals surface area contributed by atoms with Gasteiger partial charge < -0.3 is 15.3 Å². The third-order valence-corrected chi connectivity index (χ3v) is 2.58. The number of aromatic nitrogens is 3. The Morgan fingerprint density at radius 2 is 2.37 bits per heavy atom. The van der Waals surface area contributed by atoms with Gasteiger partial charge in [-0.15, -0.1) is 0 Å². The molecule has 0 aliphatic carbocycles. The number of carbonyl (C=O) groups excluding carboxylic acids is 1. The molecule has 2 aromatic rings. The van der Waals surface area contributed by atoms with Crippen LogP contribution >= 0.6 is 0 Å². The zero-order valence-corrected chi connectivity index (χ0v) is 10.6. The van der Waals surface area contributed by atoms with Crippen LogP contribution in [-0.4, -0.2) is 26.5 Å². The summed E-state index contributed by atoms with van der Waals surface area (Å²) in [6, 6.07) is 3.25. The third-order valence-electron chi connectivity index (χ3n) is 2.58. The summed E-state index contributed by atoms with van der Waals surface area (Å²) in [6.07, 6.45) is 6.79. The standard InChI is InChI=1S/C12H16N6O/c1-9(7-18-5-4-14-8-18)16-12(19)11-6-10(17-13)2-3-15-11/h2-6,8-9H,7,13H2,1H3,(H,15,17)(H,16,19). The van der Waals surface area contributed by atoms with Gasteiger partial charge in [0.05, 0.1) is 12.0 Å². The molecule has 19 heavy (non-hydrogen) atoms. The number of hydrogen-bond acceptors (Lipinski definition) is 5. The molecule has 0 radical (unpaired) electrons. The lowest BCUT2D eigenvalue weighted by atomic mass is 10.2. The molecule has 0 fully saturated rings. The van der Waals surface area contributed by atoms with E-state index in [9.17, 15) is 4.79 Å². The summed E-state index contributed by atoms with van der Waals surface area (Å²) < 4.78 is 1.90. The van der Waals surface area contributed by atoms with Crippen molar-refractivity contribution in [2.75, 3.05) is 5.43 Å². The molecule has 0 saturated heterocycles. The second kappa shape index (κ2) is 5.96. The Hall–Kier alpha value is -2.41. The normalized spacial score (nSPS) is 11.9. The molecule has 1 unspecified atom stereocenters. The highest BCUT2D eigenvalue weighted by atomic mass is 16.1. The van der Waals surface area contributed by atoms with Crippen LogP contribution in [0.1, 0.15) is 17.4 Å². The molecule has 2 aromatic heterocycles. The molecule has 0 spiro atoms. The van der Waals surface area contributed by atoms with Crippen LogP contribution in [0, 0.1) is 0 Å². The number of hydrogen-bond donors (Lipinski definition) is 3. The van der Waals surface area contributed by atoms with Crippen molar-refractivity contribution in [1.29, 1.82) is 0 Å². The molecule has 0 aromatic carbocycles. The van der Waals surface area contributed by atoms with Crippen molar-refractivity contribution >= 4 is 11.6 Å². The fourth-order valence-corrected chi connectivity index (χ4v) is 1.70. The molecule has 1 amide bonds. The predicted octanol–water partition coefficient (Wildman–Crippen LogP) is 0.382. The first-order valence-corrected chi connectivity index (χ1v) is 5.88. The van der Waals surface area contributed by atoms with Gasteiger partial charge in [0.1, 0.15) is 5.69 Å². The Morgan fingerprint density at radius 3 is 3.05 bits per heavy atom. The minimum atomic E-state index is -0.232. The highest BCUT2D eigenvalue weighted by Gasteiger charge is 2.11. The maximum atomic E-state index is 12.0. The number of nitrogens with one attached hydrogen (secondary N) is 2. The number of nitrogens with two attached hydrogens (primary N) is 1. The maximum absolute atomic E-state index is 12.0. The predicted molar refractivity (Wildman–Crippen MR) is 71.2 cm³/mol. The molecule has 100 valence electrons. The average Bonchev–Trinajstić information content (AvgIpc) is 2.91. The van der Waals surface area contributed by atoms with Gasteiger partial charge in [-0.25, -0.2) is 4.98 Å². The van der Waals surface area contributed by atoms with Crippen molar-refractivity contribution in [2.45, 2.75) is 19.5 Å². The van der Waals surface area contributed by atoms with Crippen LogP contribution in [0.3, 0.4) is 0 Å². The monoisotopic (exact) mass is 260 g/mol. The van der Waals surface area contributed by atoms with Crippen LogP contribution < -0.4 is 16.6 Å². The molecule has 0 aliphatic heterocycles. The first kappa shape index (κ1) is 13.0. The van der Waals surface area contributed by atoms with Crippen LogP contribution in [-0.2, 0) is 6.54 Å². The van der Waals surface area contributed by atoms with Crippen LogP contribution in [0.15, 0.2) is 37.1 Å². The molecular formula is C12H16N6O. The second-order valence-electron chi connectivity index (χ2n) is 4.21. The summed E-state index contributed by atoms with van der Waals surface area (Å²) in [4.78, 5) is 19.9. The zero-order chi connectivity index (χ0) is 13.7. The van der Waals surface area contributed by atoms with Gasteiger partial charge in [0.2, 0.25) is 0 Å². The number of pyridine rings is 1. The van der Waals surface area contributed by atoms with Gasteiger partial charge in [-0.3, -0.25) is 15.6 Å². The van der Waals surface area contributed by atoms with E-state index in [0.717, 1.165) is 0 Å². The van der Waals surface area contributed by atoms with Gasteiger partial charge >= 0.3 is 0 Å². The van der Waals surface area contributed by atoms with Crippen molar-refractivity contribution in [2.24, 2.45) is 5.84 Å². The van der Waals surface area contributed by atoms with Gasteiger partial charge in [0, 0.05) is 31.2 Å². The Morgan fingerprint density at radius 1 is 1.53 bits per heavy atom. The third kappa shape index (κ3) is 3.52. The second-order valence-corrected chi connectivity index (χ2v) is 4.21. The zero-order valence-electron chi connectivity index (χ0n) is 10.6. The maximum Gasteiger partial charge on any atom is 0.270 e. The molecule has 0 aliphatic rings. The van der Waals surface area contributed by atoms with Crippen molar-refractivity contribution in [1.82, 2.24) is 19.9 Å². The highest BCUT2D eigenvalue weighted by Crippen LogP contribution is 2.06. The molecule has 0 saturated carbocycles. The fourth-order valence-electron chi connectivity index (χ4n) is 1.70. The van der Waals surface area contributed by atoms with Crippen molar-refractivity contribution in [3.63, 3.8) is 0 Å². The summed E-state index contributed by atoms with van der Waals surface area (Å²) in [7, 11) is 0. The molecule has 1 atom stereocenters. The Kier molecular flexibility index (Phi) is 4.09. The van der Waals surface area contributed by atoms with Crippen LogP contribution in [0.25, 0.3) is 0 Å². The number of hydrazine groups is 1. The van der Waals surface area contributed by atoms with Gasteiger partial charge in [-0.05, 0) is 19.1 Å². The number of anilines is 1. The molecular weight excluding hydrogens is 244 g/mol. The van der Waals surface area contributed by atoms with Crippen LogP contribution in [0.4, 0.5) is 5.69 Å². The first-order valence-electron chi connectivity index (χ1n) is 5.88. The number of carbonyl (C=O) groups is 1. The number of amides is 1. The number of nitrogen functional groups attached to an aromatic ring is 1. The summed E-state index contributed by atoms with van der Waals surface area (Å²) in [6.45, 7) is 2.57. The lowest BCUT2D eigenvalue weighted by molar-refractivity contribution is 0.0931. The van der Waals surface area contributed by atoms with E-state index in [1.54, 1.807) is 24.7 Å². The van der Waals surface area contributed by atoms with Crippen LogP contribution in [0.2, 0.25) is 0 Å². The van der Waals surface area contributed by atoms with Gasteiger partial charge in [-0.2, -0.15) is 0 Å². The summed E-state index contributed by atoms with van der Waals surface area (Å²) in [5.41, 5.74) is 3.45. The van der Waals surface area contributed by atoms with Crippen LogP contribution in [0.5, 0.6) is 0 Å². The van der Waals surface area contributed by atoms with E-state index in [1.165, 1.54) is 6.20 Å². The fraction of sp³-hybridized carbons (Fsp3) is 0.250. The minimum Gasteiger partial charge on any atom is -0.346 e. The Labute approximate surface area is 110 Å². The van der Waals surface area contributed by atoms with Gasteiger partial charge in [-0.1, -0.05) is 0 Å². The lowest BCUT2D eigenvalue weighted by Crippen LogP contribution is -2.35. The minimum absolute atomic E-state index is 0.0296. The Balaban J connectivity index is 1.96. The highest BCUT2D eigenvalue weighted by molar-refractivity contribution is 5.93. The quantitative estimate of drug-likeness (QED) is 0.533. The number of nitrogens with zero attached hydrogens (tertiary/aromatic N) is 3. The summed E-state index contributed by atoms with van der Waals surface area (Å²) >= 11 is 0. The topological polar surface area (TPSA) is 97.9 Å². The average molecular weight is 260 g/mol. The summed E-state index contributed by atoms with van der Waals surface area (Å²) in [5, 5.41) is 2.87. The largest absolute Gasteiger partial charge is 0.346 e. The first-order chi connectivity index (χ1) is 9.19. The summed E-state index contributed by atoms with van der Waals surface area (Å²) in [5.74, 6) is 5.06. The molecule has 7 heteroatoms. The van der Waals surface area contributed by atoms with Crippen molar-refractivity contribution in [3.05, 3.63) is 42.7 Å². The molecule has 2 rings (SSSR count). The van der Waals surface area contributed by atoms with Gasteiger partial charge in [0.15, 0.2) is 0 Å². The van der Waals surface area contributed by atoms with E-state index in [0.29, 0.717) is 17.9 Å². The molecule has 0 bridgehead atoms. The van der Waals surface area contributed by atoms with E-state index >= 15 is 0 Å². The number of rotatable bonds is 5. The van der Waals surface area contributed by atoms with E-state index in [1.807, 2.05) is 17.7 Å². The molecule has 4 N–H and O–H groups in total. The lowest BCUT2D eigenvalue weighted by Gasteiger charge is -2.14. The van der Waals surface area contributed by atoms with Crippen molar-refractivity contribution in [3.8, 4) is 0 Å². The van der Waals surface area contributed by atoms with E-state index in [4.69, 9.17) is 5.84 Å². The van der Waals surface area contributed by atoms with Crippen molar-refractivity contribution < 1.29 is 4.79 Å². The molecule has 2 heterocycles. The smallest absolute Gasteiger partial charge is 0.270 e. The van der Waals surface area contributed by atoms with E-state index in [2.05, 4.69) is 20.7 Å². The van der Waals surface area contributed by atoms with Gasteiger partial charge in [0.25, 0.3) is 5.91 Å². The molecule has 7 nitrogen and oxygen atoms in total.